The van der Waals surface area contributed by atoms with Crippen LogP contribution < -0.4 is 10.9 Å². The van der Waals surface area contributed by atoms with Gasteiger partial charge in [-0.2, -0.15) is 18.2 Å². The number of rotatable bonds is 4. The molecule has 1 aliphatic carbocycles. The van der Waals surface area contributed by atoms with Crippen LogP contribution in [0.15, 0.2) is 17.1 Å². The Kier molecular flexibility index (Phi) is 5.84. The van der Waals surface area contributed by atoms with Crippen molar-refractivity contribution in [3.63, 3.8) is 0 Å². The van der Waals surface area contributed by atoms with Crippen LogP contribution >= 0.6 is 0 Å². The molecule has 0 amide bonds. The van der Waals surface area contributed by atoms with Crippen molar-refractivity contribution in [1.29, 1.82) is 0 Å². The Balaban J connectivity index is 1.69. The van der Waals surface area contributed by atoms with Gasteiger partial charge in [0.25, 0.3) is 5.56 Å². The SMILES string of the molecule is CS(=O)N1CCC(Nc2ncc3cc(C(F)(F)F)c(=O)n(C4CCCC4)c3n2)CC1. The summed E-state index contributed by atoms with van der Waals surface area (Å²) in [6, 6.07) is 0.637. The lowest BCUT2D eigenvalue weighted by Crippen LogP contribution is -2.40. The predicted molar refractivity (Wildman–Crippen MR) is 109 cm³/mol. The average Bonchev–Trinajstić information content (AvgIpc) is 3.21. The summed E-state index contributed by atoms with van der Waals surface area (Å²) in [6.07, 6.45) is 2.86. The van der Waals surface area contributed by atoms with E-state index in [9.17, 15) is 22.2 Å². The van der Waals surface area contributed by atoms with Crippen LogP contribution in [0.5, 0.6) is 0 Å². The Morgan fingerprint density at radius 3 is 2.43 bits per heavy atom. The summed E-state index contributed by atoms with van der Waals surface area (Å²) in [7, 11) is -1.00. The smallest absolute Gasteiger partial charge is 0.351 e. The van der Waals surface area contributed by atoms with Gasteiger partial charge in [0.2, 0.25) is 5.95 Å². The van der Waals surface area contributed by atoms with Crippen LogP contribution in [0.3, 0.4) is 0 Å². The molecule has 2 aromatic rings. The van der Waals surface area contributed by atoms with E-state index in [2.05, 4.69) is 15.3 Å². The van der Waals surface area contributed by atoms with Gasteiger partial charge in [0.05, 0.1) is 11.0 Å². The van der Waals surface area contributed by atoms with Crippen molar-refractivity contribution in [2.24, 2.45) is 0 Å². The quantitative estimate of drug-likeness (QED) is 0.786. The van der Waals surface area contributed by atoms with Crippen molar-refractivity contribution in [3.8, 4) is 0 Å². The molecule has 4 rings (SSSR count). The van der Waals surface area contributed by atoms with Crippen LogP contribution in [0.2, 0.25) is 0 Å². The van der Waals surface area contributed by atoms with Crippen LogP contribution in [0.1, 0.15) is 50.1 Å². The van der Waals surface area contributed by atoms with Crippen molar-refractivity contribution in [2.45, 2.75) is 56.8 Å². The number of nitrogens with one attached hydrogen (secondary N) is 1. The van der Waals surface area contributed by atoms with Gasteiger partial charge in [0.15, 0.2) is 0 Å². The van der Waals surface area contributed by atoms with Crippen LogP contribution in [0.25, 0.3) is 11.0 Å². The molecular weight excluding hydrogens is 419 g/mol. The molecule has 0 radical (unpaired) electrons. The Bertz CT molecular complexity index is 1010. The predicted octanol–water partition coefficient (Wildman–Crippen LogP) is 3.10. The summed E-state index contributed by atoms with van der Waals surface area (Å²) in [5.74, 6) is 0.296. The summed E-state index contributed by atoms with van der Waals surface area (Å²) in [5, 5.41) is 3.43. The highest BCUT2D eigenvalue weighted by Crippen LogP contribution is 2.33. The van der Waals surface area contributed by atoms with Gasteiger partial charge in [-0.1, -0.05) is 12.8 Å². The van der Waals surface area contributed by atoms with Gasteiger partial charge < -0.3 is 5.32 Å². The monoisotopic (exact) mass is 443 g/mol. The normalized spacial score (nSPS) is 20.7. The third-order valence-electron chi connectivity index (χ3n) is 5.92. The second kappa shape index (κ2) is 8.26. The van der Waals surface area contributed by atoms with Crippen molar-refractivity contribution in [2.75, 3.05) is 24.7 Å². The van der Waals surface area contributed by atoms with Crippen molar-refractivity contribution >= 4 is 28.0 Å². The minimum absolute atomic E-state index is 0.0725. The van der Waals surface area contributed by atoms with Gasteiger partial charge in [-0.15, -0.1) is 0 Å². The van der Waals surface area contributed by atoms with E-state index in [1.807, 2.05) is 4.31 Å². The third kappa shape index (κ3) is 4.22. The number of halogens is 3. The molecule has 11 heteroatoms. The molecule has 2 aromatic heterocycles. The van der Waals surface area contributed by atoms with E-state index in [4.69, 9.17) is 0 Å². The van der Waals surface area contributed by atoms with Gasteiger partial charge in [-0.05, 0) is 31.7 Å². The molecule has 0 spiro atoms. The molecule has 0 bridgehead atoms. The number of pyridine rings is 1. The highest BCUT2D eigenvalue weighted by Gasteiger charge is 2.37. The number of alkyl halides is 3. The first-order valence-corrected chi connectivity index (χ1v) is 11.6. The zero-order valence-corrected chi connectivity index (χ0v) is 17.4. The molecule has 2 aliphatic rings. The minimum atomic E-state index is -4.73. The standard InChI is InChI=1S/C19H24F3N5O2S/c1-30(29)26-8-6-13(7-9-26)24-18-23-11-12-10-15(19(20,21)22)17(28)27(16(12)25-18)14-4-2-3-5-14/h10-11,13-14H,2-9H2,1H3,(H,23,24,25). The van der Waals surface area contributed by atoms with E-state index in [1.54, 1.807) is 6.26 Å². The average molecular weight is 443 g/mol. The maximum absolute atomic E-state index is 13.4. The van der Waals surface area contributed by atoms with E-state index >= 15 is 0 Å². The number of nitrogens with zero attached hydrogens (tertiary/aromatic N) is 4. The molecule has 7 nitrogen and oxygen atoms in total. The Morgan fingerprint density at radius 1 is 1.17 bits per heavy atom. The zero-order valence-electron chi connectivity index (χ0n) is 16.6. The number of hydrogen-bond acceptors (Lipinski definition) is 5. The van der Waals surface area contributed by atoms with Crippen LogP contribution in [0, 0.1) is 0 Å². The van der Waals surface area contributed by atoms with E-state index in [0.717, 1.165) is 31.7 Å². The third-order valence-corrected chi connectivity index (χ3v) is 7.01. The first-order valence-electron chi connectivity index (χ1n) is 10.1. The first-order chi connectivity index (χ1) is 14.2. The molecule has 1 atom stereocenters. The lowest BCUT2D eigenvalue weighted by molar-refractivity contribution is -0.138. The van der Waals surface area contributed by atoms with Crippen LogP contribution in [-0.2, 0) is 17.2 Å². The number of piperidine rings is 1. The molecule has 0 aromatic carbocycles. The van der Waals surface area contributed by atoms with Gasteiger partial charge in [0.1, 0.15) is 11.2 Å². The molecule has 2 fully saturated rings. The fourth-order valence-corrected chi connectivity index (χ4v) is 5.06. The second-order valence-corrected chi connectivity index (χ2v) is 9.28. The fraction of sp³-hybridized carbons (Fsp3) is 0.632. The molecule has 1 saturated carbocycles. The summed E-state index contributed by atoms with van der Waals surface area (Å²) in [4.78, 5) is 21.4. The van der Waals surface area contributed by atoms with Gasteiger partial charge in [-0.3, -0.25) is 9.36 Å². The van der Waals surface area contributed by atoms with Gasteiger partial charge >= 0.3 is 6.18 Å². The summed E-state index contributed by atoms with van der Waals surface area (Å²) in [5.41, 5.74) is -1.97. The number of fused-ring (bicyclic) bond motifs is 1. The summed E-state index contributed by atoms with van der Waals surface area (Å²) < 4.78 is 55.0. The Labute approximate surface area is 174 Å². The lowest BCUT2D eigenvalue weighted by atomic mass is 10.1. The van der Waals surface area contributed by atoms with Gasteiger partial charge in [0, 0.05) is 43.0 Å². The van der Waals surface area contributed by atoms with E-state index < -0.39 is 28.3 Å². The lowest BCUT2D eigenvalue weighted by Gasteiger charge is -2.30. The highest BCUT2D eigenvalue weighted by molar-refractivity contribution is 7.81. The summed E-state index contributed by atoms with van der Waals surface area (Å²) in [6.45, 7) is 1.35. The molecule has 164 valence electrons. The Morgan fingerprint density at radius 2 is 1.83 bits per heavy atom. The molecule has 1 saturated heterocycles. The summed E-state index contributed by atoms with van der Waals surface area (Å²) >= 11 is 0. The molecule has 1 N–H and O–H groups in total. The van der Waals surface area contributed by atoms with Crippen molar-refractivity contribution in [1.82, 2.24) is 18.8 Å². The molecular formula is C19H24F3N5O2S. The zero-order chi connectivity index (χ0) is 21.5. The van der Waals surface area contributed by atoms with Crippen LogP contribution in [0.4, 0.5) is 19.1 Å². The minimum Gasteiger partial charge on any atom is -0.351 e. The first kappa shape index (κ1) is 21.2. The number of hydrogen-bond donors (Lipinski definition) is 1. The molecule has 3 heterocycles. The van der Waals surface area contributed by atoms with Crippen molar-refractivity contribution in [3.05, 3.63) is 28.2 Å². The number of aromatic nitrogens is 3. The molecule has 1 unspecified atom stereocenters. The largest absolute Gasteiger partial charge is 0.421 e. The van der Waals surface area contributed by atoms with E-state index in [1.165, 1.54) is 10.8 Å². The molecule has 1 aliphatic heterocycles. The fourth-order valence-electron chi connectivity index (χ4n) is 4.33. The Hall–Kier alpha value is -2.01. The van der Waals surface area contributed by atoms with Crippen molar-refractivity contribution < 1.29 is 17.4 Å². The van der Waals surface area contributed by atoms with Gasteiger partial charge in [-0.25, -0.2) is 13.5 Å². The number of anilines is 1. The highest BCUT2D eigenvalue weighted by atomic mass is 32.2. The van der Waals surface area contributed by atoms with E-state index in [-0.39, 0.29) is 23.1 Å². The topological polar surface area (TPSA) is 80.1 Å². The maximum Gasteiger partial charge on any atom is 0.421 e. The van der Waals surface area contributed by atoms with Crippen LogP contribution in [-0.4, -0.2) is 48.4 Å². The second-order valence-electron chi connectivity index (χ2n) is 7.91. The maximum atomic E-state index is 13.4. The van der Waals surface area contributed by atoms with E-state index in [0.29, 0.717) is 31.9 Å². The molecule has 30 heavy (non-hydrogen) atoms.